The highest BCUT2D eigenvalue weighted by molar-refractivity contribution is 7.18. The number of anilines is 1. The second kappa shape index (κ2) is 8.34. The predicted molar refractivity (Wildman–Crippen MR) is 115 cm³/mol. The summed E-state index contributed by atoms with van der Waals surface area (Å²) < 4.78 is 5.00. The van der Waals surface area contributed by atoms with Crippen LogP contribution in [0.2, 0.25) is 0 Å². The number of nitrogens with zero attached hydrogens (tertiary/aromatic N) is 3. The number of primary amides is 1. The molecule has 0 bridgehead atoms. The van der Waals surface area contributed by atoms with Crippen LogP contribution in [0.5, 0.6) is 5.88 Å². The number of aromatic nitrogens is 3. The van der Waals surface area contributed by atoms with Gasteiger partial charge in [0.25, 0.3) is 5.91 Å². The van der Waals surface area contributed by atoms with Crippen molar-refractivity contribution in [2.75, 3.05) is 19.0 Å². The molecule has 0 aromatic carbocycles. The minimum absolute atomic E-state index is 0.0134. The van der Waals surface area contributed by atoms with Crippen LogP contribution in [0.15, 0.2) is 24.5 Å². The van der Waals surface area contributed by atoms with Crippen LogP contribution >= 0.6 is 11.3 Å². The standard InChI is InChI=1S/C20H22N6O4S/c1-10-3-4-14(15-5-11-7-23-25-19(11)31-15)26(9-10)20(29)17(28)24-12-6-13(16(21)27)18(30-2)22-8-12/h5-8,10,14H,3-4,9H2,1-2H3,(H2,21,27)(H,23,25)(H,24,28). The Morgan fingerprint density at radius 3 is 2.81 bits per heavy atom. The Kier molecular flexibility index (Phi) is 5.59. The molecule has 2 unspecified atom stereocenters. The number of methoxy groups -OCH3 is 1. The van der Waals surface area contributed by atoms with E-state index in [1.807, 2.05) is 6.07 Å². The number of hydrogen-bond donors (Lipinski definition) is 3. The molecule has 0 saturated carbocycles. The number of rotatable bonds is 4. The molecule has 10 nitrogen and oxygen atoms in total. The molecule has 31 heavy (non-hydrogen) atoms. The van der Waals surface area contributed by atoms with E-state index in [-0.39, 0.29) is 29.1 Å². The Morgan fingerprint density at radius 2 is 2.10 bits per heavy atom. The van der Waals surface area contributed by atoms with Crippen molar-refractivity contribution < 1.29 is 19.1 Å². The van der Waals surface area contributed by atoms with Crippen LogP contribution in [0.1, 0.15) is 41.0 Å². The van der Waals surface area contributed by atoms with E-state index in [2.05, 4.69) is 27.4 Å². The zero-order valence-electron chi connectivity index (χ0n) is 17.0. The van der Waals surface area contributed by atoms with E-state index in [0.29, 0.717) is 6.54 Å². The molecule has 3 aromatic rings. The summed E-state index contributed by atoms with van der Waals surface area (Å²) in [6, 6.07) is 3.16. The van der Waals surface area contributed by atoms with Gasteiger partial charge in [-0.15, -0.1) is 11.3 Å². The molecule has 0 spiro atoms. The van der Waals surface area contributed by atoms with Crippen molar-refractivity contribution in [3.63, 3.8) is 0 Å². The number of carbonyl (C=O) groups is 3. The van der Waals surface area contributed by atoms with Gasteiger partial charge in [0, 0.05) is 16.8 Å². The van der Waals surface area contributed by atoms with Gasteiger partial charge in [-0.25, -0.2) is 4.98 Å². The molecule has 1 fully saturated rings. The van der Waals surface area contributed by atoms with E-state index in [4.69, 9.17) is 10.5 Å². The van der Waals surface area contributed by atoms with Gasteiger partial charge in [0.1, 0.15) is 10.4 Å². The van der Waals surface area contributed by atoms with Crippen LogP contribution < -0.4 is 15.8 Å². The molecule has 162 valence electrons. The van der Waals surface area contributed by atoms with Crippen molar-refractivity contribution in [3.8, 4) is 5.88 Å². The fourth-order valence-electron chi connectivity index (χ4n) is 3.78. The van der Waals surface area contributed by atoms with E-state index in [1.54, 1.807) is 11.1 Å². The lowest BCUT2D eigenvalue weighted by atomic mass is 9.93. The van der Waals surface area contributed by atoms with Crippen molar-refractivity contribution in [3.05, 3.63) is 35.0 Å². The Labute approximate surface area is 181 Å². The predicted octanol–water partition coefficient (Wildman–Crippen LogP) is 2.07. The molecule has 4 heterocycles. The summed E-state index contributed by atoms with van der Waals surface area (Å²) in [5.41, 5.74) is 5.53. The number of carbonyl (C=O) groups excluding carboxylic acids is 3. The average molecular weight is 443 g/mol. The summed E-state index contributed by atoms with van der Waals surface area (Å²) in [6.45, 7) is 2.54. The Morgan fingerprint density at radius 1 is 1.29 bits per heavy atom. The molecule has 3 amide bonds. The quantitative estimate of drug-likeness (QED) is 0.528. The Bertz CT molecular complexity index is 1130. The maximum Gasteiger partial charge on any atom is 0.313 e. The van der Waals surface area contributed by atoms with Crippen LogP contribution in [0.3, 0.4) is 0 Å². The molecule has 0 radical (unpaired) electrons. The zero-order valence-corrected chi connectivity index (χ0v) is 17.9. The monoisotopic (exact) mass is 442 g/mol. The number of piperidine rings is 1. The highest BCUT2D eigenvalue weighted by Gasteiger charge is 2.35. The summed E-state index contributed by atoms with van der Waals surface area (Å²) in [7, 11) is 1.36. The summed E-state index contributed by atoms with van der Waals surface area (Å²) in [5.74, 6) is -1.86. The number of H-pyrrole nitrogens is 1. The largest absolute Gasteiger partial charge is 0.480 e. The summed E-state index contributed by atoms with van der Waals surface area (Å²) in [6.07, 6.45) is 4.78. The lowest BCUT2D eigenvalue weighted by molar-refractivity contribution is -0.146. The molecule has 3 aromatic heterocycles. The number of pyridine rings is 1. The van der Waals surface area contributed by atoms with Crippen LogP contribution in [-0.4, -0.2) is 51.5 Å². The summed E-state index contributed by atoms with van der Waals surface area (Å²) in [5, 5.41) is 10.5. The third-order valence-corrected chi connectivity index (χ3v) is 6.48. The number of thiophene rings is 1. The lowest BCUT2D eigenvalue weighted by Crippen LogP contribution is -2.46. The minimum Gasteiger partial charge on any atom is -0.480 e. The lowest BCUT2D eigenvalue weighted by Gasteiger charge is -2.37. The van der Waals surface area contributed by atoms with Crippen LogP contribution in [0.25, 0.3) is 10.2 Å². The second-order valence-electron chi connectivity index (χ2n) is 7.56. The van der Waals surface area contributed by atoms with Crippen molar-refractivity contribution in [2.24, 2.45) is 11.7 Å². The first-order valence-electron chi connectivity index (χ1n) is 9.76. The first-order valence-corrected chi connectivity index (χ1v) is 10.6. The van der Waals surface area contributed by atoms with Crippen LogP contribution in [-0.2, 0) is 9.59 Å². The molecule has 2 atom stereocenters. The number of nitrogens with two attached hydrogens (primary N) is 1. The van der Waals surface area contributed by atoms with Gasteiger partial charge >= 0.3 is 11.8 Å². The normalized spacial score (nSPS) is 18.7. The second-order valence-corrected chi connectivity index (χ2v) is 8.64. The fraction of sp³-hybridized carbons (Fsp3) is 0.350. The number of ether oxygens (including phenoxy) is 1. The first kappa shape index (κ1) is 20.8. The number of likely N-dealkylation sites (tertiary alicyclic amines) is 1. The minimum atomic E-state index is -0.801. The van der Waals surface area contributed by atoms with Crippen molar-refractivity contribution in [1.82, 2.24) is 20.1 Å². The van der Waals surface area contributed by atoms with Gasteiger partial charge in [-0.3, -0.25) is 19.5 Å². The van der Waals surface area contributed by atoms with Crippen molar-refractivity contribution >= 4 is 45.0 Å². The van der Waals surface area contributed by atoms with Gasteiger partial charge in [-0.1, -0.05) is 6.92 Å². The Hall–Kier alpha value is -3.47. The summed E-state index contributed by atoms with van der Waals surface area (Å²) in [4.78, 5) is 45.0. The van der Waals surface area contributed by atoms with E-state index < -0.39 is 17.7 Å². The van der Waals surface area contributed by atoms with Gasteiger partial charge in [0.2, 0.25) is 5.88 Å². The van der Waals surface area contributed by atoms with Crippen LogP contribution in [0, 0.1) is 5.92 Å². The van der Waals surface area contributed by atoms with Gasteiger partial charge in [-0.2, -0.15) is 5.10 Å². The number of amides is 3. The maximum atomic E-state index is 13.1. The molecule has 0 aliphatic carbocycles. The highest BCUT2D eigenvalue weighted by Crippen LogP contribution is 2.38. The van der Waals surface area contributed by atoms with Gasteiger partial charge in [0.15, 0.2) is 0 Å². The van der Waals surface area contributed by atoms with Crippen molar-refractivity contribution in [2.45, 2.75) is 25.8 Å². The molecule has 11 heteroatoms. The number of aromatic amines is 1. The van der Waals surface area contributed by atoms with Gasteiger partial charge < -0.3 is 20.7 Å². The maximum absolute atomic E-state index is 13.1. The van der Waals surface area contributed by atoms with Crippen LogP contribution in [0.4, 0.5) is 5.69 Å². The highest BCUT2D eigenvalue weighted by atomic mass is 32.1. The zero-order chi connectivity index (χ0) is 22.1. The van der Waals surface area contributed by atoms with Gasteiger partial charge in [-0.05, 0) is 30.9 Å². The molecular formula is C20H22N6O4S. The smallest absolute Gasteiger partial charge is 0.313 e. The SMILES string of the molecule is COc1ncc(NC(=O)C(=O)N2CC(C)CCC2c2cc3cn[nH]c3s2)cc1C(N)=O. The molecule has 4 rings (SSSR count). The fourth-order valence-corrected chi connectivity index (χ4v) is 4.91. The Balaban J connectivity index is 1.55. The van der Waals surface area contributed by atoms with E-state index in [0.717, 1.165) is 27.9 Å². The van der Waals surface area contributed by atoms with E-state index in [1.165, 1.54) is 30.7 Å². The van der Waals surface area contributed by atoms with E-state index >= 15 is 0 Å². The van der Waals surface area contributed by atoms with E-state index in [9.17, 15) is 14.4 Å². The molecule has 1 saturated heterocycles. The van der Waals surface area contributed by atoms with Gasteiger partial charge in [0.05, 0.1) is 31.2 Å². The molecular weight excluding hydrogens is 420 g/mol. The molecule has 4 N–H and O–H groups in total. The third kappa shape index (κ3) is 4.08. The topological polar surface area (TPSA) is 143 Å². The number of nitrogens with one attached hydrogen (secondary N) is 2. The van der Waals surface area contributed by atoms with Crippen molar-refractivity contribution in [1.29, 1.82) is 0 Å². The first-order chi connectivity index (χ1) is 14.9. The molecule has 1 aliphatic heterocycles. The average Bonchev–Trinajstić information content (AvgIpc) is 3.35. The molecule has 1 aliphatic rings. The number of hydrogen-bond acceptors (Lipinski definition) is 7. The number of fused-ring (bicyclic) bond motifs is 1. The third-order valence-electron chi connectivity index (χ3n) is 5.32. The summed E-state index contributed by atoms with van der Waals surface area (Å²) >= 11 is 1.54.